The van der Waals surface area contributed by atoms with E-state index >= 15 is 0 Å². The molecule has 2 rings (SSSR count). The number of hydrogen-bond acceptors (Lipinski definition) is 0. The molecule has 0 aliphatic heterocycles. The Labute approximate surface area is 119 Å². The lowest BCUT2D eigenvalue weighted by Gasteiger charge is -2.37. The molecule has 1 aromatic rings. The van der Waals surface area contributed by atoms with Crippen LogP contribution in [0.25, 0.3) is 0 Å². The molecule has 1 aliphatic carbocycles. The Kier molecular flexibility index (Phi) is 4.38. The highest BCUT2D eigenvalue weighted by Crippen LogP contribution is 2.43. The second-order valence-electron chi connectivity index (χ2n) is 7.74. The van der Waals surface area contributed by atoms with Crippen molar-refractivity contribution in [3.8, 4) is 0 Å². The third-order valence-electron chi connectivity index (χ3n) is 5.03. The molecule has 0 heterocycles. The Morgan fingerprint density at radius 3 is 1.84 bits per heavy atom. The monoisotopic (exact) mass is 258 g/mol. The van der Waals surface area contributed by atoms with E-state index in [1.165, 1.54) is 31.2 Å². The first-order valence-electron chi connectivity index (χ1n) is 7.98. The Balaban J connectivity index is 1.98. The smallest absolute Gasteiger partial charge is 0.0162 e. The van der Waals surface area contributed by atoms with Crippen LogP contribution < -0.4 is 0 Å². The largest absolute Gasteiger partial charge is 0.0599 e. The van der Waals surface area contributed by atoms with E-state index in [0.717, 1.165) is 11.8 Å². The fourth-order valence-corrected chi connectivity index (χ4v) is 3.45. The maximum atomic E-state index is 2.40. The van der Waals surface area contributed by atoms with Crippen molar-refractivity contribution in [2.75, 3.05) is 0 Å². The topological polar surface area (TPSA) is 0 Å². The van der Waals surface area contributed by atoms with Crippen molar-refractivity contribution in [3.63, 3.8) is 0 Å². The van der Waals surface area contributed by atoms with Gasteiger partial charge in [-0.1, -0.05) is 58.9 Å². The molecule has 0 aromatic heterocycles. The molecule has 1 saturated carbocycles. The van der Waals surface area contributed by atoms with Crippen molar-refractivity contribution in [2.24, 2.45) is 11.3 Å². The molecule has 0 saturated heterocycles. The Hall–Kier alpha value is -0.780. The van der Waals surface area contributed by atoms with E-state index in [9.17, 15) is 0 Å². The summed E-state index contributed by atoms with van der Waals surface area (Å²) in [5, 5.41) is 0. The van der Waals surface area contributed by atoms with E-state index in [1.807, 2.05) is 0 Å². The third-order valence-corrected chi connectivity index (χ3v) is 5.03. The molecule has 0 N–H and O–H groups in total. The van der Waals surface area contributed by atoms with Gasteiger partial charge in [-0.05, 0) is 60.0 Å². The fourth-order valence-electron chi connectivity index (χ4n) is 3.45. The molecular formula is C19H30. The zero-order chi connectivity index (χ0) is 14.0. The van der Waals surface area contributed by atoms with Gasteiger partial charge in [0.2, 0.25) is 0 Å². The summed E-state index contributed by atoms with van der Waals surface area (Å²) in [4.78, 5) is 0. The van der Waals surface area contributed by atoms with Gasteiger partial charge < -0.3 is 0 Å². The molecule has 0 nitrogen and oxygen atoms in total. The van der Waals surface area contributed by atoms with Crippen molar-refractivity contribution in [1.29, 1.82) is 0 Å². The fraction of sp³-hybridized carbons (Fsp3) is 0.684. The highest BCUT2D eigenvalue weighted by molar-refractivity contribution is 5.27. The van der Waals surface area contributed by atoms with Gasteiger partial charge in [0.1, 0.15) is 0 Å². The normalized spacial score (nSPS) is 24.7. The molecule has 0 bridgehead atoms. The van der Waals surface area contributed by atoms with Crippen LogP contribution in [0.3, 0.4) is 0 Å². The molecule has 106 valence electrons. The van der Waals surface area contributed by atoms with Crippen molar-refractivity contribution >= 4 is 0 Å². The summed E-state index contributed by atoms with van der Waals surface area (Å²) >= 11 is 0. The minimum Gasteiger partial charge on any atom is -0.0599 e. The summed E-state index contributed by atoms with van der Waals surface area (Å²) in [6.45, 7) is 11.7. The predicted octanol–water partition coefficient (Wildman–Crippen LogP) is 6.13. The molecule has 19 heavy (non-hydrogen) atoms. The first kappa shape index (κ1) is 14.6. The maximum Gasteiger partial charge on any atom is -0.0162 e. The van der Waals surface area contributed by atoms with E-state index in [2.05, 4.69) is 58.9 Å². The van der Waals surface area contributed by atoms with Crippen LogP contribution in [0.4, 0.5) is 0 Å². The average molecular weight is 258 g/mol. The highest BCUT2D eigenvalue weighted by atomic mass is 14.3. The summed E-state index contributed by atoms with van der Waals surface area (Å²) in [7, 11) is 0. The van der Waals surface area contributed by atoms with Gasteiger partial charge in [0.25, 0.3) is 0 Å². The van der Waals surface area contributed by atoms with Crippen LogP contribution in [0, 0.1) is 11.3 Å². The van der Waals surface area contributed by atoms with Gasteiger partial charge in [-0.15, -0.1) is 0 Å². The van der Waals surface area contributed by atoms with Crippen LogP contribution >= 0.6 is 0 Å². The van der Waals surface area contributed by atoms with E-state index in [-0.39, 0.29) is 0 Å². The first-order valence-corrected chi connectivity index (χ1v) is 7.98. The summed E-state index contributed by atoms with van der Waals surface area (Å²) in [6, 6.07) is 9.40. The Morgan fingerprint density at radius 1 is 0.895 bits per heavy atom. The van der Waals surface area contributed by atoms with Crippen LogP contribution in [0.1, 0.15) is 83.3 Å². The molecule has 1 aliphatic rings. The second kappa shape index (κ2) is 5.69. The second-order valence-corrected chi connectivity index (χ2v) is 7.74. The number of hydrogen-bond donors (Lipinski definition) is 0. The average Bonchev–Trinajstić information content (AvgIpc) is 2.38. The highest BCUT2D eigenvalue weighted by Gasteiger charge is 2.30. The lowest BCUT2D eigenvalue weighted by Crippen LogP contribution is -2.25. The molecule has 1 fully saturated rings. The third kappa shape index (κ3) is 3.61. The maximum absolute atomic E-state index is 2.40. The van der Waals surface area contributed by atoms with Gasteiger partial charge in [-0.2, -0.15) is 0 Å². The molecule has 1 aromatic carbocycles. The predicted molar refractivity (Wildman–Crippen MR) is 84.7 cm³/mol. The zero-order valence-corrected chi connectivity index (χ0v) is 13.4. The van der Waals surface area contributed by atoms with Gasteiger partial charge in [0.05, 0.1) is 0 Å². The van der Waals surface area contributed by atoms with E-state index in [1.54, 1.807) is 5.56 Å². The summed E-state index contributed by atoms with van der Waals surface area (Å²) in [5.41, 5.74) is 3.52. The number of benzene rings is 1. The minimum absolute atomic E-state index is 0.493. The lowest BCUT2D eigenvalue weighted by molar-refractivity contribution is 0.169. The van der Waals surface area contributed by atoms with Crippen LogP contribution in [0.2, 0.25) is 0 Å². The van der Waals surface area contributed by atoms with Gasteiger partial charge in [-0.3, -0.25) is 0 Å². The van der Waals surface area contributed by atoms with E-state index < -0.39 is 0 Å². The molecule has 0 amide bonds. The summed E-state index contributed by atoms with van der Waals surface area (Å²) in [6.07, 6.45) is 5.56. The molecule has 0 spiro atoms. The molecule has 0 heteroatoms. The van der Waals surface area contributed by atoms with Crippen molar-refractivity contribution < 1.29 is 0 Å². The van der Waals surface area contributed by atoms with Crippen LogP contribution in [-0.2, 0) is 0 Å². The minimum atomic E-state index is 0.493. The molecule has 0 unspecified atom stereocenters. The van der Waals surface area contributed by atoms with Gasteiger partial charge in [0.15, 0.2) is 0 Å². The first-order chi connectivity index (χ1) is 8.88. The van der Waals surface area contributed by atoms with Crippen molar-refractivity contribution in [3.05, 3.63) is 35.4 Å². The van der Waals surface area contributed by atoms with E-state index in [0.29, 0.717) is 11.3 Å². The van der Waals surface area contributed by atoms with Gasteiger partial charge >= 0.3 is 0 Å². The van der Waals surface area contributed by atoms with E-state index in [4.69, 9.17) is 0 Å². The van der Waals surface area contributed by atoms with Crippen molar-refractivity contribution in [2.45, 2.75) is 72.1 Å². The quantitative estimate of drug-likeness (QED) is 0.598. The summed E-state index contributed by atoms with van der Waals surface area (Å²) < 4.78 is 0. The molecule has 0 radical (unpaired) electrons. The zero-order valence-electron chi connectivity index (χ0n) is 13.4. The molecule has 0 atom stereocenters. The Morgan fingerprint density at radius 2 is 1.42 bits per heavy atom. The standard InChI is InChI=1S/C19H30/c1-14(2)15-6-8-16(9-7-15)17-10-12-18(13-11-17)19(3,4)5/h6-9,14,17-18H,10-13H2,1-5H3. The van der Waals surface area contributed by atoms with Gasteiger partial charge in [-0.25, -0.2) is 0 Å². The summed E-state index contributed by atoms with van der Waals surface area (Å²) in [5.74, 6) is 2.36. The Bertz CT molecular complexity index is 383. The van der Waals surface area contributed by atoms with Gasteiger partial charge in [0, 0.05) is 0 Å². The lowest BCUT2D eigenvalue weighted by atomic mass is 9.68. The number of rotatable bonds is 2. The molecular weight excluding hydrogens is 228 g/mol. The van der Waals surface area contributed by atoms with Crippen LogP contribution in [-0.4, -0.2) is 0 Å². The van der Waals surface area contributed by atoms with Crippen molar-refractivity contribution in [1.82, 2.24) is 0 Å². The van der Waals surface area contributed by atoms with Crippen LogP contribution in [0.5, 0.6) is 0 Å². The van der Waals surface area contributed by atoms with Crippen LogP contribution in [0.15, 0.2) is 24.3 Å². The SMILES string of the molecule is CC(C)c1ccc(C2CCC(C(C)(C)C)CC2)cc1.